The summed E-state index contributed by atoms with van der Waals surface area (Å²) in [5, 5.41) is 3.74. The molecule has 0 spiro atoms. The quantitative estimate of drug-likeness (QED) is 0.584. The van der Waals surface area contributed by atoms with Crippen molar-refractivity contribution in [1.82, 2.24) is 24.8 Å². The summed E-state index contributed by atoms with van der Waals surface area (Å²) in [7, 11) is 0. The van der Waals surface area contributed by atoms with E-state index in [4.69, 9.17) is 9.47 Å². The van der Waals surface area contributed by atoms with Crippen LogP contribution in [0.15, 0.2) is 43.0 Å². The average Bonchev–Trinajstić information content (AvgIpc) is 3.10. The molecule has 4 rings (SSSR count). The van der Waals surface area contributed by atoms with Gasteiger partial charge in [0.05, 0.1) is 36.9 Å². The van der Waals surface area contributed by atoms with Crippen molar-refractivity contribution >= 4 is 16.9 Å². The fraction of sp³-hybridized carbons (Fsp3) is 0.455. The summed E-state index contributed by atoms with van der Waals surface area (Å²) in [6.07, 6.45) is 7.48. The molecule has 8 heteroatoms. The number of hydrogen-bond acceptors (Lipinski definition) is 6. The van der Waals surface area contributed by atoms with Crippen molar-refractivity contribution in [3.63, 3.8) is 0 Å². The number of fused-ring (bicyclic) bond motifs is 1. The largest absolute Gasteiger partial charge is 0.477 e. The first-order chi connectivity index (χ1) is 14.6. The smallest absolute Gasteiger partial charge is 0.226 e. The molecule has 1 saturated carbocycles. The van der Waals surface area contributed by atoms with Crippen LogP contribution in [0.4, 0.5) is 0 Å². The second-order valence-corrected chi connectivity index (χ2v) is 7.89. The minimum Gasteiger partial charge on any atom is -0.477 e. The van der Waals surface area contributed by atoms with Crippen LogP contribution in [0.2, 0.25) is 0 Å². The molecule has 1 aliphatic rings. The van der Waals surface area contributed by atoms with Crippen LogP contribution in [0.1, 0.15) is 32.4 Å². The Hall–Kier alpha value is -3.00. The Morgan fingerprint density at radius 3 is 2.90 bits per heavy atom. The van der Waals surface area contributed by atoms with E-state index < -0.39 is 0 Å². The van der Waals surface area contributed by atoms with Crippen LogP contribution in [0.25, 0.3) is 11.0 Å². The lowest BCUT2D eigenvalue weighted by atomic mass is 9.83. The maximum Gasteiger partial charge on any atom is 0.226 e. The lowest BCUT2D eigenvalue weighted by Gasteiger charge is -2.35. The number of pyridine rings is 1. The molecular formula is C22H27N5O3. The first kappa shape index (κ1) is 20.3. The lowest BCUT2D eigenvalue weighted by Crippen LogP contribution is -2.40. The molecule has 8 nitrogen and oxygen atoms in total. The maximum atomic E-state index is 11.0. The van der Waals surface area contributed by atoms with E-state index >= 15 is 0 Å². The van der Waals surface area contributed by atoms with Gasteiger partial charge in [0.2, 0.25) is 11.8 Å². The van der Waals surface area contributed by atoms with E-state index in [9.17, 15) is 4.79 Å². The third-order valence-electron chi connectivity index (χ3n) is 5.26. The van der Waals surface area contributed by atoms with E-state index in [0.717, 1.165) is 29.6 Å². The number of aromatic nitrogens is 4. The molecular weight excluding hydrogens is 382 g/mol. The summed E-state index contributed by atoms with van der Waals surface area (Å²) in [6.45, 7) is 5.26. The molecule has 3 aromatic heterocycles. The Labute approximate surface area is 175 Å². The summed E-state index contributed by atoms with van der Waals surface area (Å²) in [5.41, 5.74) is 1.82. The average molecular weight is 409 g/mol. The molecule has 3 heterocycles. The lowest BCUT2D eigenvalue weighted by molar-refractivity contribution is -0.120. The van der Waals surface area contributed by atoms with Gasteiger partial charge in [-0.15, -0.1) is 0 Å². The molecule has 0 bridgehead atoms. The minimum atomic E-state index is -0.0315. The van der Waals surface area contributed by atoms with Gasteiger partial charge in [0.1, 0.15) is 12.0 Å². The molecule has 1 aliphatic carbocycles. The van der Waals surface area contributed by atoms with E-state index in [1.54, 1.807) is 12.5 Å². The van der Waals surface area contributed by atoms with E-state index in [1.165, 1.54) is 6.92 Å². The Kier molecular flexibility index (Phi) is 6.23. The first-order valence-electron chi connectivity index (χ1n) is 10.3. The van der Waals surface area contributed by atoms with Gasteiger partial charge in [0.25, 0.3) is 0 Å². The summed E-state index contributed by atoms with van der Waals surface area (Å²) in [5.74, 6) is 1.03. The monoisotopic (exact) mass is 409 g/mol. The van der Waals surface area contributed by atoms with Gasteiger partial charge in [-0.2, -0.15) is 0 Å². The van der Waals surface area contributed by atoms with Crippen LogP contribution in [-0.4, -0.2) is 50.8 Å². The molecule has 0 aliphatic heterocycles. The number of amides is 1. The molecule has 1 amide bonds. The van der Waals surface area contributed by atoms with Crippen LogP contribution in [0.5, 0.6) is 5.88 Å². The Morgan fingerprint density at radius 1 is 1.27 bits per heavy atom. The van der Waals surface area contributed by atoms with Crippen LogP contribution >= 0.6 is 0 Å². The van der Waals surface area contributed by atoms with E-state index in [0.29, 0.717) is 31.6 Å². The van der Waals surface area contributed by atoms with Gasteiger partial charge in [-0.25, -0.2) is 9.97 Å². The van der Waals surface area contributed by atoms with Crippen molar-refractivity contribution in [3.8, 4) is 5.88 Å². The molecule has 30 heavy (non-hydrogen) atoms. The van der Waals surface area contributed by atoms with Crippen molar-refractivity contribution in [2.24, 2.45) is 5.92 Å². The highest BCUT2D eigenvalue weighted by Crippen LogP contribution is 2.31. The van der Waals surface area contributed by atoms with Gasteiger partial charge in [0.15, 0.2) is 0 Å². The van der Waals surface area contributed by atoms with Gasteiger partial charge in [0, 0.05) is 25.4 Å². The molecule has 1 fully saturated rings. The van der Waals surface area contributed by atoms with Crippen LogP contribution in [0, 0.1) is 5.92 Å². The van der Waals surface area contributed by atoms with E-state index in [1.807, 2.05) is 37.4 Å². The Balaban J connectivity index is 1.28. The number of ether oxygens (including phenoxy) is 2. The number of nitrogens with zero attached hydrogens (tertiary/aromatic N) is 4. The summed E-state index contributed by atoms with van der Waals surface area (Å²) < 4.78 is 13.9. The minimum absolute atomic E-state index is 0.0298. The highest BCUT2D eigenvalue weighted by molar-refractivity contribution is 5.81. The zero-order valence-corrected chi connectivity index (χ0v) is 17.3. The zero-order chi connectivity index (χ0) is 20.9. The second-order valence-electron chi connectivity index (χ2n) is 7.89. The summed E-state index contributed by atoms with van der Waals surface area (Å²) >= 11 is 0. The fourth-order valence-corrected chi connectivity index (χ4v) is 3.70. The standard InChI is InChI=1S/C22H27N5O3/c1-15(26-16(2)28)12-29-19-9-17(10-19)13-30-22-20-6-8-27(21(20)24-14-25-22)11-18-5-3-4-7-23-18/h3-8,14-15,17,19H,9-13H2,1-2H3,(H,26,28)/t15-,17-,19-/m0/s1. The second kappa shape index (κ2) is 9.21. The molecule has 0 saturated heterocycles. The van der Waals surface area contributed by atoms with Gasteiger partial charge in [-0.1, -0.05) is 6.07 Å². The summed E-state index contributed by atoms with van der Waals surface area (Å²) in [6, 6.07) is 7.90. The maximum absolute atomic E-state index is 11.0. The van der Waals surface area contributed by atoms with Crippen LogP contribution < -0.4 is 10.1 Å². The molecule has 1 N–H and O–H groups in total. The number of rotatable bonds is 9. The predicted octanol–water partition coefficient (Wildman–Crippen LogP) is 2.57. The molecule has 3 aromatic rings. The first-order valence-corrected chi connectivity index (χ1v) is 10.3. The molecule has 0 unspecified atom stereocenters. The van der Waals surface area contributed by atoms with E-state index in [-0.39, 0.29) is 18.1 Å². The summed E-state index contributed by atoms with van der Waals surface area (Å²) in [4.78, 5) is 24.2. The molecule has 0 aromatic carbocycles. The van der Waals surface area contributed by atoms with Gasteiger partial charge < -0.3 is 19.4 Å². The third-order valence-corrected chi connectivity index (χ3v) is 5.26. The third kappa shape index (κ3) is 4.94. The van der Waals surface area contributed by atoms with Crippen LogP contribution in [0.3, 0.4) is 0 Å². The normalized spacial score (nSPS) is 19.3. The zero-order valence-electron chi connectivity index (χ0n) is 17.3. The van der Waals surface area contributed by atoms with Gasteiger partial charge in [-0.05, 0) is 43.9 Å². The highest BCUT2D eigenvalue weighted by Gasteiger charge is 2.31. The molecule has 1 atom stereocenters. The van der Waals surface area contributed by atoms with Gasteiger partial charge >= 0.3 is 0 Å². The van der Waals surface area contributed by atoms with Crippen molar-refractivity contribution in [2.75, 3.05) is 13.2 Å². The molecule has 158 valence electrons. The van der Waals surface area contributed by atoms with Crippen LogP contribution in [-0.2, 0) is 16.1 Å². The van der Waals surface area contributed by atoms with Crippen molar-refractivity contribution in [2.45, 2.75) is 45.4 Å². The topological polar surface area (TPSA) is 91.2 Å². The number of carbonyl (C=O) groups is 1. The Morgan fingerprint density at radius 2 is 2.13 bits per heavy atom. The molecule has 0 radical (unpaired) electrons. The number of hydrogen-bond donors (Lipinski definition) is 1. The van der Waals surface area contributed by atoms with Crippen molar-refractivity contribution in [3.05, 3.63) is 48.7 Å². The van der Waals surface area contributed by atoms with E-state index in [2.05, 4.69) is 24.8 Å². The van der Waals surface area contributed by atoms with Crippen molar-refractivity contribution < 1.29 is 14.3 Å². The highest BCUT2D eigenvalue weighted by atomic mass is 16.5. The number of nitrogens with one attached hydrogen (secondary N) is 1. The van der Waals surface area contributed by atoms with Crippen molar-refractivity contribution in [1.29, 1.82) is 0 Å². The number of carbonyl (C=O) groups excluding carboxylic acids is 1. The predicted molar refractivity (Wildman–Crippen MR) is 112 cm³/mol. The Bertz CT molecular complexity index is 985. The van der Waals surface area contributed by atoms with Gasteiger partial charge in [-0.3, -0.25) is 9.78 Å². The fourth-order valence-electron chi connectivity index (χ4n) is 3.70. The SMILES string of the molecule is CC(=O)N[C@@H](C)CO[C@H]1C[C@H](COc2ncnc3c2ccn3Cc2ccccn2)C1.